The summed E-state index contributed by atoms with van der Waals surface area (Å²) in [5.41, 5.74) is 1.60. The second-order valence-corrected chi connectivity index (χ2v) is 8.75. The van der Waals surface area contributed by atoms with Crippen molar-refractivity contribution in [2.45, 2.75) is 39.3 Å². The van der Waals surface area contributed by atoms with E-state index in [9.17, 15) is 5.11 Å². The van der Waals surface area contributed by atoms with Gasteiger partial charge in [-0.3, -0.25) is 4.90 Å². The summed E-state index contributed by atoms with van der Waals surface area (Å²) in [7, 11) is 1.63. The molecule has 0 saturated heterocycles. The van der Waals surface area contributed by atoms with E-state index in [1.54, 1.807) is 24.8 Å². The Morgan fingerprint density at radius 2 is 1.91 bits per heavy atom. The van der Waals surface area contributed by atoms with Crippen LogP contribution >= 0.6 is 11.6 Å². The SMILES string of the molecule is C=C[C@@](C)(O)CN(CCC)Cc1c(C)nn(-c2cccc(Cl)c2)c1Oc1ccc(OC)cc1. The van der Waals surface area contributed by atoms with Crippen LogP contribution in [0.4, 0.5) is 0 Å². The second-order valence-electron chi connectivity index (χ2n) is 8.31. The van der Waals surface area contributed by atoms with Crippen molar-refractivity contribution in [1.82, 2.24) is 14.7 Å². The number of hydrogen-bond acceptors (Lipinski definition) is 5. The van der Waals surface area contributed by atoms with Gasteiger partial charge in [-0.25, -0.2) is 4.68 Å². The minimum atomic E-state index is -0.997. The molecule has 0 unspecified atom stereocenters. The number of halogens is 1. The number of rotatable bonds is 11. The Kier molecular flexibility index (Phi) is 8.19. The molecule has 0 fully saturated rings. The minimum Gasteiger partial charge on any atom is -0.497 e. The predicted molar refractivity (Wildman–Crippen MR) is 133 cm³/mol. The van der Waals surface area contributed by atoms with Crippen LogP contribution in [0, 0.1) is 6.92 Å². The summed E-state index contributed by atoms with van der Waals surface area (Å²) in [5, 5.41) is 16.0. The minimum absolute atomic E-state index is 0.452. The van der Waals surface area contributed by atoms with Crippen molar-refractivity contribution in [3.8, 4) is 23.1 Å². The highest BCUT2D eigenvalue weighted by molar-refractivity contribution is 6.30. The summed E-state index contributed by atoms with van der Waals surface area (Å²) in [4.78, 5) is 2.19. The molecule has 0 bridgehead atoms. The number of benzene rings is 2. The Labute approximate surface area is 201 Å². The van der Waals surface area contributed by atoms with Crippen molar-refractivity contribution in [2.75, 3.05) is 20.2 Å². The van der Waals surface area contributed by atoms with Crippen LogP contribution in [0.5, 0.6) is 17.4 Å². The number of ether oxygens (including phenoxy) is 2. The van der Waals surface area contributed by atoms with E-state index in [-0.39, 0.29) is 0 Å². The topological polar surface area (TPSA) is 59.8 Å². The van der Waals surface area contributed by atoms with E-state index in [1.165, 1.54) is 0 Å². The number of methoxy groups -OCH3 is 1. The Bertz CT molecular complexity index is 1080. The van der Waals surface area contributed by atoms with E-state index in [4.69, 9.17) is 26.2 Å². The van der Waals surface area contributed by atoms with Crippen molar-refractivity contribution in [1.29, 1.82) is 0 Å². The van der Waals surface area contributed by atoms with Crippen LogP contribution in [-0.4, -0.2) is 45.6 Å². The van der Waals surface area contributed by atoms with Gasteiger partial charge in [0.25, 0.3) is 0 Å². The molecule has 1 N–H and O–H groups in total. The first-order valence-corrected chi connectivity index (χ1v) is 11.4. The molecule has 3 rings (SSSR count). The van der Waals surface area contributed by atoms with E-state index in [0.29, 0.717) is 29.7 Å². The molecule has 6 nitrogen and oxygen atoms in total. The van der Waals surface area contributed by atoms with Gasteiger partial charge in [-0.15, -0.1) is 6.58 Å². The van der Waals surface area contributed by atoms with Crippen LogP contribution in [0.2, 0.25) is 5.02 Å². The summed E-state index contributed by atoms with van der Waals surface area (Å²) in [6, 6.07) is 14.9. The van der Waals surface area contributed by atoms with E-state index in [2.05, 4.69) is 18.4 Å². The zero-order chi connectivity index (χ0) is 24.0. The molecule has 0 aliphatic heterocycles. The van der Waals surface area contributed by atoms with Gasteiger partial charge in [0.2, 0.25) is 5.88 Å². The monoisotopic (exact) mass is 469 g/mol. The highest BCUT2D eigenvalue weighted by atomic mass is 35.5. The lowest BCUT2D eigenvalue weighted by Crippen LogP contribution is -2.39. The van der Waals surface area contributed by atoms with Crippen LogP contribution in [0.25, 0.3) is 5.69 Å². The quantitative estimate of drug-likeness (QED) is 0.360. The van der Waals surface area contributed by atoms with E-state index in [1.807, 2.05) is 55.5 Å². The lowest BCUT2D eigenvalue weighted by Gasteiger charge is -2.29. The number of aromatic nitrogens is 2. The van der Waals surface area contributed by atoms with Gasteiger partial charge in [0.1, 0.15) is 11.5 Å². The fourth-order valence-electron chi connectivity index (χ4n) is 3.63. The molecule has 7 heteroatoms. The van der Waals surface area contributed by atoms with Gasteiger partial charge in [0.05, 0.1) is 29.7 Å². The van der Waals surface area contributed by atoms with Crippen molar-refractivity contribution in [3.63, 3.8) is 0 Å². The van der Waals surface area contributed by atoms with Crippen molar-refractivity contribution in [2.24, 2.45) is 0 Å². The Hall–Kier alpha value is -2.80. The lowest BCUT2D eigenvalue weighted by atomic mass is 10.1. The Morgan fingerprint density at radius 1 is 1.21 bits per heavy atom. The molecule has 0 radical (unpaired) electrons. The van der Waals surface area contributed by atoms with Gasteiger partial charge < -0.3 is 14.6 Å². The molecule has 1 atom stereocenters. The fourth-order valence-corrected chi connectivity index (χ4v) is 3.82. The van der Waals surface area contributed by atoms with Gasteiger partial charge >= 0.3 is 0 Å². The standard InChI is InChI=1S/C26H32ClN3O3/c1-6-15-29(18-26(4,31)7-2)17-24-19(3)28-30(21-10-8-9-20(27)16-21)25(24)33-23-13-11-22(32-5)12-14-23/h7-14,16,31H,2,6,15,17-18H2,1,3-5H3/t26-/m1/s1. The summed E-state index contributed by atoms with van der Waals surface area (Å²) in [5.74, 6) is 2.03. The average molecular weight is 470 g/mol. The number of nitrogens with zero attached hydrogens (tertiary/aromatic N) is 3. The van der Waals surface area contributed by atoms with Crippen molar-refractivity contribution >= 4 is 11.6 Å². The molecule has 0 aliphatic rings. The summed E-state index contributed by atoms with van der Waals surface area (Å²) >= 11 is 6.26. The van der Waals surface area contributed by atoms with E-state index >= 15 is 0 Å². The molecule has 1 heterocycles. The first-order valence-electron chi connectivity index (χ1n) is 11.0. The first kappa shape index (κ1) is 24.8. The third kappa shape index (κ3) is 6.38. The molecule has 3 aromatic rings. The molecular formula is C26H32ClN3O3. The number of hydrogen-bond donors (Lipinski definition) is 1. The smallest absolute Gasteiger partial charge is 0.227 e. The molecule has 0 saturated carbocycles. The van der Waals surface area contributed by atoms with Gasteiger partial charge in [0, 0.05) is 18.1 Å². The summed E-state index contributed by atoms with van der Waals surface area (Å²) in [6.07, 6.45) is 2.52. The third-order valence-corrected chi connectivity index (χ3v) is 5.60. The first-order chi connectivity index (χ1) is 15.8. The maximum absolute atomic E-state index is 10.6. The van der Waals surface area contributed by atoms with Crippen LogP contribution < -0.4 is 9.47 Å². The van der Waals surface area contributed by atoms with Gasteiger partial charge in [-0.2, -0.15) is 5.10 Å². The zero-order valence-corrected chi connectivity index (χ0v) is 20.5. The van der Waals surface area contributed by atoms with Crippen LogP contribution in [0.1, 0.15) is 31.5 Å². The second kappa shape index (κ2) is 10.9. The molecule has 33 heavy (non-hydrogen) atoms. The largest absolute Gasteiger partial charge is 0.497 e. The molecule has 1 aromatic heterocycles. The van der Waals surface area contributed by atoms with Gasteiger partial charge in [-0.1, -0.05) is 30.7 Å². The maximum Gasteiger partial charge on any atom is 0.227 e. The number of aryl methyl sites for hydroxylation is 1. The Morgan fingerprint density at radius 3 is 2.52 bits per heavy atom. The molecule has 0 aliphatic carbocycles. The lowest BCUT2D eigenvalue weighted by molar-refractivity contribution is 0.0584. The fraction of sp³-hybridized carbons (Fsp3) is 0.346. The zero-order valence-electron chi connectivity index (χ0n) is 19.7. The highest BCUT2D eigenvalue weighted by Crippen LogP contribution is 2.33. The molecule has 2 aromatic carbocycles. The van der Waals surface area contributed by atoms with Crippen LogP contribution in [0.15, 0.2) is 61.2 Å². The maximum atomic E-state index is 10.6. The van der Waals surface area contributed by atoms with E-state index < -0.39 is 5.60 Å². The Balaban J connectivity index is 2.04. The van der Waals surface area contributed by atoms with E-state index in [0.717, 1.165) is 35.7 Å². The average Bonchev–Trinajstić information content (AvgIpc) is 3.09. The van der Waals surface area contributed by atoms with Crippen LogP contribution in [0.3, 0.4) is 0 Å². The van der Waals surface area contributed by atoms with Gasteiger partial charge in [0.15, 0.2) is 0 Å². The van der Waals surface area contributed by atoms with Gasteiger partial charge in [-0.05, 0) is 69.3 Å². The van der Waals surface area contributed by atoms with Crippen molar-refractivity contribution < 1.29 is 14.6 Å². The number of aliphatic hydroxyl groups is 1. The van der Waals surface area contributed by atoms with Crippen LogP contribution in [-0.2, 0) is 6.54 Å². The summed E-state index contributed by atoms with van der Waals surface area (Å²) < 4.78 is 13.4. The summed E-state index contributed by atoms with van der Waals surface area (Å²) in [6.45, 7) is 11.4. The molecule has 0 amide bonds. The molecule has 176 valence electrons. The molecular weight excluding hydrogens is 438 g/mol. The predicted octanol–water partition coefficient (Wildman–Crippen LogP) is 5.78. The molecule has 0 spiro atoms. The van der Waals surface area contributed by atoms with Crippen molar-refractivity contribution in [3.05, 3.63) is 77.5 Å². The normalized spacial score (nSPS) is 13.1. The highest BCUT2D eigenvalue weighted by Gasteiger charge is 2.25. The third-order valence-electron chi connectivity index (χ3n) is 5.37.